The van der Waals surface area contributed by atoms with E-state index < -0.39 is 5.41 Å². The van der Waals surface area contributed by atoms with Crippen LogP contribution in [-0.2, 0) is 10.2 Å². The van der Waals surface area contributed by atoms with Crippen molar-refractivity contribution in [2.75, 3.05) is 5.32 Å². The summed E-state index contributed by atoms with van der Waals surface area (Å²) in [4.78, 5) is 11.6. The lowest BCUT2D eigenvalue weighted by molar-refractivity contribution is -0.119. The molecule has 1 aliphatic rings. The zero-order valence-corrected chi connectivity index (χ0v) is 9.40. The Morgan fingerprint density at radius 2 is 2.07 bits per heavy atom. The van der Waals surface area contributed by atoms with Crippen molar-refractivity contribution in [2.45, 2.75) is 19.3 Å². The maximum atomic E-state index is 13.1. The summed E-state index contributed by atoms with van der Waals surface area (Å²) in [5, 5.41) is 2.73. The second-order valence-electron chi connectivity index (χ2n) is 3.89. The van der Waals surface area contributed by atoms with Gasteiger partial charge in [-0.25, -0.2) is 4.39 Å². The third kappa shape index (κ3) is 1.17. The van der Waals surface area contributed by atoms with Crippen LogP contribution in [0.3, 0.4) is 0 Å². The molecule has 0 aliphatic carbocycles. The first-order valence-corrected chi connectivity index (χ1v) is 5.03. The van der Waals surface area contributed by atoms with Gasteiger partial charge in [-0.05, 0) is 47.5 Å². The molecule has 14 heavy (non-hydrogen) atoms. The number of halogens is 2. The largest absolute Gasteiger partial charge is 0.324 e. The molecule has 0 aromatic heterocycles. The molecule has 0 saturated carbocycles. The van der Waals surface area contributed by atoms with E-state index in [1.54, 1.807) is 13.8 Å². The third-order valence-corrected chi connectivity index (χ3v) is 3.16. The van der Waals surface area contributed by atoms with E-state index in [1.807, 2.05) is 0 Å². The zero-order valence-electron chi connectivity index (χ0n) is 7.82. The average molecular weight is 258 g/mol. The zero-order chi connectivity index (χ0) is 10.5. The van der Waals surface area contributed by atoms with E-state index in [0.29, 0.717) is 15.7 Å². The van der Waals surface area contributed by atoms with Gasteiger partial charge in [0.25, 0.3) is 0 Å². The Morgan fingerprint density at radius 3 is 2.71 bits per heavy atom. The van der Waals surface area contributed by atoms with E-state index in [9.17, 15) is 9.18 Å². The smallest absolute Gasteiger partial charge is 0.234 e. The van der Waals surface area contributed by atoms with E-state index in [1.165, 1.54) is 12.1 Å². The van der Waals surface area contributed by atoms with E-state index in [2.05, 4.69) is 21.2 Å². The second kappa shape index (κ2) is 2.79. The molecule has 0 unspecified atom stereocenters. The van der Waals surface area contributed by atoms with Gasteiger partial charge in [0.2, 0.25) is 5.91 Å². The minimum Gasteiger partial charge on any atom is -0.324 e. The number of nitrogens with one attached hydrogen (secondary N) is 1. The van der Waals surface area contributed by atoms with Gasteiger partial charge in [0.15, 0.2) is 0 Å². The van der Waals surface area contributed by atoms with Crippen LogP contribution < -0.4 is 5.32 Å². The van der Waals surface area contributed by atoms with Crippen molar-refractivity contribution in [1.82, 2.24) is 0 Å². The highest BCUT2D eigenvalue weighted by Gasteiger charge is 2.39. The van der Waals surface area contributed by atoms with Crippen LogP contribution >= 0.6 is 15.9 Å². The number of fused-ring (bicyclic) bond motifs is 1. The lowest BCUT2D eigenvalue weighted by Gasteiger charge is -2.14. The van der Waals surface area contributed by atoms with Gasteiger partial charge in [-0.1, -0.05) is 0 Å². The Hall–Kier alpha value is -0.900. The quantitative estimate of drug-likeness (QED) is 0.761. The molecule has 1 aromatic rings. The van der Waals surface area contributed by atoms with Crippen LogP contribution in [0.25, 0.3) is 0 Å². The molecule has 2 rings (SSSR count). The van der Waals surface area contributed by atoms with Crippen LogP contribution in [-0.4, -0.2) is 5.91 Å². The van der Waals surface area contributed by atoms with Gasteiger partial charge in [0.05, 0.1) is 11.1 Å². The van der Waals surface area contributed by atoms with Gasteiger partial charge < -0.3 is 5.32 Å². The highest BCUT2D eigenvalue weighted by atomic mass is 79.9. The minimum absolute atomic E-state index is 0.0983. The maximum Gasteiger partial charge on any atom is 0.234 e. The molecule has 0 fully saturated rings. The monoisotopic (exact) mass is 257 g/mol. The molecule has 0 atom stereocenters. The molecule has 1 N–H and O–H groups in total. The number of hydrogen-bond donors (Lipinski definition) is 1. The molecule has 1 amide bonds. The Kier molecular flexibility index (Phi) is 1.93. The Morgan fingerprint density at radius 1 is 1.43 bits per heavy atom. The van der Waals surface area contributed by atoms with Crippen molar-refractivity contribution in [3.8, 4) is 0 Å². The predicted octanol–water partition coefficient (Wildman–Crippen LogP) is 2.82. The first kappa shape index (κ1) is 9.65. The Bertz CT molecular complexity index is 428. The number of carbonyl (C=O) groups is 1. The normalized spacial score (nSPS) is 17.9. The van der Waals surface area contributed by atoms with Crippen molar-refractivity contribution >= 4 is 27.5 Å². The summed E-state index contributed by atoms with van der Waals surface area (Å²) < 4.78 is 13.7. The van der Waals surface area contributed by atoms with Gasteiger partial charge in [-0.15, -0.1) is 0 Å². The molecule has 1 aromatic carbocycles. The molecular weight excluding hydrogens is 249 g/mol. The molecule has 4 heteroatoms. The molecule has 1 aliphatic heterocycles. The molecular formula is C10H9BrFNO. The van der Waals surface area contributed by atoms with Crippen molar-refractivity contribution < 1.29 is 9.18 Å². The van der Waals surface area contributed by atoms with Crippen LogP contribution in [0, 0.1) is 5.82 Å². The number of carbonyl (C=O) groups excluding carboxylic acids is 1. The second-order valence-corrected chi connectivity index (χ2v) is 4.74. The molecule has 74 valence electrons. The predicted molar refractivity (Wildman–Crippen MR) is 55.8 cm³/mol. The van der Waals surface area contributed by atoms with Crippen LogP contribution in [0.15, 0.2) is 16.6 Å². The summed E-state index contributed by atoms with van der Waals surface area (Å²) in [6.45, 7) is 3.56. The first-order valence-electron chi connectivity index (χ1n) is 4.24. The summed E-state index contributed by atoms with van der Waals surface area (Å²) >= 11 is 3.22. The van der Waals surface area contributed by atoms with Crippen molar-refractivity contribution in [3.05, 3.63) is 28.0 Å². The standard InChI is InChI=1S/C10H9BrFNO/c1-10(2)6-3-5(12)4-7(11)8(6)13-9(10)14/h3-4H,1-2H3,(H,13,14). The summed E-state index contributed by atoms with van der Waals surface area (Å²) in [6.07, 6.45) is 0. The van der Waals surface area contributed by atoms with E-state index in [0.717, 1.165) is 0 Å². The van der Waals surface area contributed by atoms with E-state index in [-0.39, 0.29) is 11.7 Å². The van der Waals surface area contributed by atoms with E-state index in [4.69, 9.17) is 0 Å². The third-order valence-electron chi connectivity index (χ3n) is 2.53. The molecule has 0 bridgehead atoms. The lowest BCUT2D eigenvalue weighted by Crippen LogP contribution is -2.26. The summed E-state index contributed by atoms with van der Waals surface area (Å²) in [5.41, 5.74) is 0.732. The van der Waals surface area contributed by atoms with Crippen molar-refractivity contribution in [3.63, 3.8) is 0 Å². The topological polar surface area (TPSA) is 29.1 Å². The van der Waals surface area contributed by atoms with Crippen molar-refractivity contribution in [2.24, 2.45) is 0 Å². The summed E-state index contributed by atoms with van der Waals surface area (Å²) in [6, 6.07) is 2.75. The molecule has 0 saturated heterocycles. The van der Waals surface area contributed by atoms with Gasteiger partial charge in [-0.2, -0.15) is 0 Å². The SMILES string of the molecule is CC1(C)C(=O)Nc2c(Br)cc(F)cc21. The van der Waals surface area contributed by atoms with Crippen molar-refractivity contribution in [1.29, 1.82) is 0 Å². The molecule has 0 spiro atoms. The summed E-state index contributed by atoms with van der Waals surface area (Å²) in [5.74, 6) is -0.431. The highest BCUT2D eigenvalue weighted by molar-refractivity contribution is 9.10. The fraction of sp³-hybridized carbons (Fsp3) is 0.300. The molecule has 2 nitrogen and oxygen atoms in total. The van der Waals surface area contributed by atoms with Crippen LogP contribution in [0.2, 0.25) is 0 Å². The van der Waals surface area contributed by atoms with Gasteiger partial charge >= 0.3 is 0 Å². The fourth-order valence-corrected chi connectivity index (χ4v) is 2.12. The summed E-state index contributed by atoms with van der Waals surface area (Å²) in [7, 11) is 0. The van der Waals surface area contributed by atoms with Crippen LogP contribution in [0.1, 0.15) is 19.4 Å². The lowest BCUT2D eigenvalue weighted by atomic mass is 9.86. The van der Waals surface area contributed by atoms with Gasteiger partial charge in [0.1, 0.15) is 5.82 Å². The van der Waals surface area contributed by atoms with Gasteiger partial charge in [-0.3, -0.25) is 4.79 Å². The number of benzene rings is 1. The average Bonchev–Trinajstić information content (AvgIpc) is 2.28. The molecule has 0 radical (unpaired) electrons. The van der Waals surface area contributed by atoms with Crippen LogP contribution in [0.4, 0.5) is 10.1 Å². The number of rotatable bonds is 0. The first-order chi connectivity index (χ1) is 6.43. The number of hydrogen-bond acceptors (Lipinski definition) is 1. The maximum absolute atomic E-state index is 13.1. The van der Waals surface area contributed by atoms with E-state index >= 15 is 0 Å². The number of anilines is 1. The molecule has 1 heterocycles. The Balaban J connectivity index is 2.71. The fourth-order valence-electron chi connectivity index (χ4n) is 1.59. The minimum atomic E-state index is -0.653. The van der Waals surface area contributed by atoms with Gasteiger partial charge in [0, 0.05) is 4.47 Å². The van der Waals surface area contributed by atoms with Crippen LogP contribution in [0.5, 0.6) is 0 Å². The Labute approximate surface area is 89.6 Å². The number of amides is 1. The highest BCUT2D eigenvalue weighted by Crippen LogP contribution is 2.41.